The largest absolute Gasteiger partial charge is 0.147 e. The molecule has 0 atom stereocenters. The molecule has 0 saturated heterocycles. The van der Waals surface area contributed by atoms with Crippen molar-refractivity contribution in [3.8, 4) is 0 Å². The molecule has 0 radical (unpaired) electrons. The topological polar surface area (TPSA) is 0 Å². The number of hydrogen-bond acceptors (Lipinski definition) is 0. The molecule has 0 saturated carbocycles. The van der Waals surface area contributed by atoms with Gasteiger partial charge in [-0.05, 0) is 0 Å². The molecular weight excluding hydrogens is 227 g/mol. The van der Waals surface area contributed by atoms with Crippen molar-refractivity contribution in [2.24, 2.45) is 5.41 Å². The first-order valence-corrected chi connectivity index (χ1v) is 8.90. The minimum Gasteiger partial charge on any atom is -0.147 e. The summed E-state index contributed by atoms with van der Waals surface area (Å²) in [4.78, 5) is 0. The molecule has 1 aliphatic rings. The second-order valence-electron chi connectivity index (χ2n) is 4.88. The molecule has 14 heavy (non-hydrogen) atoms. The predicted octanol–water partition coefficient (Wildman–Crippen LogP) is 4.77. The smallest absolute Gasteiger partial charge is 0.147 e. The van der Waals surface area contributed by atoms with Gasteiger partial charge >= 0.3 is 89.0 Å². The molecule has 1 rings (SSSR count). The van der Waals surface area contributed by atoms with Crippen LogP contribution in [-0.2, 0) is 17.9 Å². The Bertz CT molecular complexity index is 295. The summed E-state index contributed by atoms with van der Waals surface area (Å²) >= 11 is -0.908. The van der Waals surface area contributed by atoms with Gasteiger partial charge in [-0.25, -0.2) is 0 Å². The summed E-state index contributed by atoms with van der Waals surface area (Å²) in [6.45, 7) is 11.7. The standard InChI is InChI=1S/C10H15.2CH3.ClH.Ti/c1-7-6-10(4,5)9(3)8(7)2;;;;/h1-5H3;2*1H3;1H;. The van der Waals surface area contributed by atoms with E-state index in [9.17, 15) is 0 Å². The van der Waals surface area contributed by atoms with Crippen LogP contribution in [0.25, 0.3) is 0 Å². The van der Waals surface area contributed by atoms with Crippen LogP contribution >= 0.6 is 12.4 Å². The van der Waals surface area contributed by atoms with E-state index < -0.39 is 17.9 Å². The number of halogens is 1. The fraction of sp³-hybridized carbons (Fsp3) is 0.667. The summed E-state index contributed by atoms with van der Waals surface area (Å²) in [6.07, 6.45) is 0. The minimum absolute atomic E-state index is 0. The Morgan fingerprint density at radius 1 is 0.929 bits per heavy atom. The third-order valence-electron chi connectivity index (χ3n) is 3.56. The normalized spacial score (nSPS) is 19.9. The number of allylic oxidation sites excluding steroid dienone is 4. The molecule has 0 fully saturated rings. The van der Waals surface area contributed by atoms with Crippen LogP contribution in [0.4, 0.5) is 0 Å². The van der Waals surface area contributed by atoms with Crippen LogP contribution in [0.2, 0.25) is 10.5 Å². The SMILES string of the molecule is CC1=C(C)C(C)(C)[C]([Ti]([CH3])[CH3])=C1C.Cl. The summed E-state index contributed by atoms with van der Waals surface area (Å²) in [6, 6.07) is 0. The Morgan fingerprint density at radius 2 is 1.36 bits per heavy atom. The van der Waals surface area contributed by atoms with E-state index in [0.29, 0.717) is 5.41 Å². The van der Waals surface area contributed by atoms with E-state index in [1.165, 1.54) is 0 Å². The second-order valence-corrected chi connectivity index (χ2v) is 8.78. The van der Waals surface area contributed by atoms with Gasteiger partial charge in [0.1, 0.15) is 0 Å². The Hall–Kier alpha value is 0.484. The van der Waals surface area contributed by atoms with Crippen molar-refractivity contribution < 1.29 is 17.9 Å². The summed E-state index contributed by atoms with van der Waals surface area (Å²) < 4.78 is 1.79. The van der Waals surface area contributed by atoms with Gasteiger partial charge in [0.15, 0.2) is 0 Å². The van der Waals surface area contributed by atoms with Crippen molar-refractivity contribution in [1.82, 2.24) is 0 Å². The van der Waals surface area contributed by atoms with Crippen LogP contribution < -0.4 is 0 Å². The molecule has 0 spiro atoms. The molecule has 0 aliphatic heterocycles. The Kier molecular flexibility index (Phi) is 4.71. The quantitative estimate of drug-likeness (QED) is 0.587. The molecule has 0 heterocycles. The first-order chi connectivity index (χ1) is 5.80. The van der Waals surface area contributed by atoms with E-state index >= 15 is 0 Å². The van der Waals surface area contributed by atoms with Gasteiger partial charge < -0.3 is 0 Å². The van der Waals surface area contributed by atoms with Crippen molar-refractivity contribution in [3.63, 3.8) is 0 Å². The van der Waals surface area contributed by atoms with Crippen molar-refractivity contribution in [2.75, 3.05) is 0 Å². The van der Waals surface area contributed by atoms with E-state index in [0.717, 1.165) is 0 Å². The maximum Gasteiger partial charge on any atom is -0.147 e. The van der Waals surface area contributed by atoms with Crippen LogP contribution in [0.5, 0.6) is 0 Å². The second kappa shape index (κ2) is 4.55. The van der Waals surface area contributed by atoms with Crippen molar-refractivity contribution in [2.45, 2.75) is 45.1 Å². The Balaban J connectivity index is 0.00000169. The summed E-state index contributed by atoms with van der Waals surface area (Å²) in [5.74, 6) is 0. The summed E-state index contributed by atoms with van der Waals surface area (Å²) in [5.41, 5.74) is 5.11. The van der Waals surface area contributed by atoms with Gasteiger partial charge in [0.2, 0.25) is 0 Å². The Labute approximate surface area is 101 Å². The van der Waals surface area contributed by atoms with Crippen LogP contribution in [0.3, 0.4) is 0 Å². The van der Waals surface area contributed by atoms with Crippen LogP contribution in [0.1, 0.15) is 34.6 Å². The van der Waals surface area contributed by atoms with E-state index in [1.54, 1.807) is 20.6 Å². The van der Waals surface area contributed by atoms with Gasteiger partial charge in [0.25, 0.3) is 0 Å². The maximum absolute atomic E-state index is 2.46. The van der Waals surface area contributed by atoms with Gasteiger partial charge in [-0.3, -0.25) is 0 Å². The van der Waals surface area contributed by atoms with Gasteiger partial charge in [0, 0.05) is 0 Å². The molecule has 81 valence electrons. The molecule has 0 nitrogen and oxygen atoms in total. The molecule has 1 aliphatic carbocycles. The third kappa shape index (κ3) is 2.03. The molecule has 0 aromatic carbocycles. The predicted molar refractivity (Wildman–Crippen MR) is 63.8 cm³/mol. The van der Waals surface area contributed by atoms with Crippen LogP contribution in [-0.4, -0.2) is 0 Å². The monoisotopic (exact) mass is 249 g/mol. The average molecular weight is 250 g/mol. The molecular formula is C12H22ClTi. The molecule has 0 amide bonds. The number of rotatable bonds is 1. The molecule has 0 aromatic rings. The summed E-state index contributed by atoms with van der Waals surface area (Å²) in [5, 5.41) is 4.93. The molecule has 2 heteroatoms. The third-order valence-corrected chi connectivity index (χ3v) is 6.69. The van der Waals surface area contributed by atoms with E-state index in [4.69, 9.17) is 0 Å². The van der Waals surface area contributed by atoms with Gasteiger partial charge in [-0.15, -0.1) is 12.4 Å². The first kappa shape index (κ1) is 14.5. The molecule has 0 bridgehead atoms. The Morgan fingerprint density at radius 3 is 1.50 bits per heavy atom. The van der Waals surface area contributed by atoms with E-state index in [-0.39, 0.29) is 12.4 Å². The average Bonchev–Trinajstić information content (AvgIpc) is 2.12. The van der Waals surface area contributed by atoms with Crippen molar-refractivity contribution in [1.29, 1.82) is 0 Å². The van der Waals surface area contributed by atoms with Gasteiger partial charge in [0.05, 0.1) is 0 Å². The zero-order valence-corrected chi connectivity index (χ0v) is 12.8. The molecule has 0 aromatic heterocycles. The fourth-order valence-corrected chi connectivity index (χ4v) is 6.30. The maximum atomic E-state index is 2.46. The van der Waals surface area contributed by atoms with Gasteiger partial charge in [-0.1, -0.05) is 0 Å². The zero-order valence-electron chi connectivity index (χ0n) is 10.4. The molecule has 0 N–H and O–H groups in total. The van der Waals surface area contributed by atoms with E-state index in [2.05, 4.69) is 45.1 Å². The zero-order chi connectivity index (χ0) is 10.4. The minimum atomic E-state index is -0.908. The van der Waals surface area contributed by atoms with E-state index in [1.807, 2.05) is 0 Å². The number of hydrogen-bond donors (Lipinski definition) is 0. The van der Waals surface area contributed by atoms with Gasteiger partial charge in [-0.2, -0.15) is 0 Å². The van der Waals surface area contributed by atoms with Crippen LogP contribution in [0.15, 0.2) is 20.6 Å². The first-order valence-electron chi connectivity index (χ1n) is 5.00. The fourth-order valence-electron chi connectivity index (χ4n) is 2.59. The van der Waals surface area contributed by atoms with Crippen molar-refractivity contribution >= 4 is 12.4 Å². The summed E-state index contributed by atoms with van der Waals surface area (Å²) in [7, 11) is 0. The van der Waals surface area contributed by atoms with Crippen molar-refractivity contribution in [3.05, 3.63) is 20.6 Å². The van der Waals surface area contributed by atoms with Crippen LogP contribution in [0, 0.1) is 5.41 Å². The molecule has 0 unspecified atom stereocenters.